The van der Waals surface area contributed by atoms with Gasteiger partial charge in [0.05, 0.1) is 9.82 Å². The Morgan fingerprint density at radius 3 is 1.32 bits per heavy atom. The van der Waals surface area contributed by atoms with Gasteiger partial charge >= 0.3 is 0 Å². The molecule has 2 amide bonds. The lowest BCUT2D eigenvalue weighted by molar-refractivity contribution is -0.400. The molecule has 2 aliphatic carbocycles. The summed E-state index contributed by atoms with van der Waals surface area (Å²) in [5.41, 5.74) is 7.95. The maximum Gasteiger partial charge on any atom is 0.251 e. The summed E-state index contributed by atoms with van der Waals surface area (Å²) < 4.78 is 24.7. The van der Waals surface area contributed by atoms with E-state index in [1.807, 2.05) is 143 Å². The van der Waals surface area contributed by atoms with Gasteiger partial charge in [-0.25, -0.2) is 8.42 Å². The van der Waals surface area contributed by atoms with Gasteiger partial charge in [0.2, 0.25) is 6.20 Å². The van der Waals surface area contributed by atoms with Crippen LogP contribution in [0.15, 0.2) is 203 Å². The maximum atomic E-state index is 12.4. The van der Waals surface area contributed by atoms with Crippen LogP contribution in [0.5, 0.6) is 0 Å². The fraction of sp³-hybridized carbons (Fsp3) is 0.120. The van der Waals surface area contributed by atoms with Crippen LogP contribution in [0.3, 0.4) is 0 Å². The van der Waals surface area contributed by atoms with Crippen LogP contribution in [-0.4, -0.2) is 25.2 Å². The van der Waals surface area contributed by atoms with Crippen LogP contribution in [0.2, 0.25) is 0 Å². The van der Waals surface area contributed by atoms with Crippen LogP contribution in [0, 0.1) is 10.1 Å². The zero-order valence-electron chi connectivity index (χ0n) is 35.1. The van der Waals surface area contributed by atoms with Crippen LogP contribution in [0.25, 0.3) is 12.2 Å². The largest absolute Gasteiger partial charge is 0.359 e. The van der Waals surface area contributed by atoms with Gasteiger partial charge in [-0.15, -0.1) is 0 Å². The lowest BCUT2D eigenvalue weighted by atomic mass is 10.1. The van der Waals surface area contributed by atoms with E-state index in [2.05, 4.69) is 21.3 Å². The zero-order valence-corrected chi connectivity index (χ0v) is 35.9. The van der Waals surface area contributed by atoms with Crippen molar-refractivity contribution >= 4 is 56.6 Å². The Bertz CT molecular complexity index is 2550. The number of amides is 2. The number of carbonyl (C=O) groups is 2. The molecule has 0 aliphatic heterocycles. The first-order chi connectivity index (χ1) is 30.1. The molecule has 0 saturated heterocycles. The molecule has 0 saturated carbocycles. The average molecular weight is 850 g/mol. The Morgan fingerprint density at radius 1 is 0.532 bits per heavy atom. The Balaban J connectivity index is 0.000000257. The number of nitrogens with zero attached hydrogens (tertiary/aromatic N) is 1. The van der Waals surface area contributed by atoms with E-state index in [0.29, 0.717) is 24.0 Å². The number of anilines is 4. The first-order valence-electron chi connectivity index (χ1n) is 20.2. The van der Waals surface area contributed by atoms with Crippen molar-refractivity contribution in [1.29, 1.82) is 0 Å². The number of hydrogen-bond acceptors (Lipinski definition) is 8. The molecule has 0 heterocycles. The van der Waals surface area contributed by atoms with E-state index >= 15 is 0 Å². The minimum Gasteiger partial charge on any atom is -0.359 e. The molecule has 5 aromatic rings. The lowest BCUT2D eigenvalue weighted by Crippen LogP contribution is -2.14. The van der Waals surface area contributed by atoms with Gasteiger partial charge < -0.3 is 21.3 Å². The number of nitrogens with one attached hydrogen (secondary N) is 4. The summed E-state index contributed by atoms with van der Waals surface area (Å²) in [5, 5.41) is 23.9. The second-order valence-corrected chi connectivity index (χ2v) is 14.9. The monoisotopic (exact) mass is 849 g/mol. The number of sulfone groups is 1. The molecule has 0 unspecified atom stereocenters. The minimum absolute atomic E-state index is 0.121. The number of carbonyl (C=O) groups excluding carboxylic acids is 2. The number of nitro groups is 1. The molecule has 62 heavy (non-hydrogen) atoms. The van der Waals surface area contributed by atoms with Crippen molar-refractivity contribution in [1.82, 2.24) is 0 Å². The van der Waals surface area contributed by atoms with Crippen molar-refractivity contribution in [2.24, 2.45) is 0 Å². The summed E-state index contributed by atoms with van der Waals surface area (Å²) in [7, 11) is -3.47. The van der Waals surface area contributed by atoms with Gasteiger partial charge in [-0.05, 0) is 90.0 Å². The summed E-state index contributed by atoms with van der Waals surface area (Å²) in [6, 6.07) is 41.7. The molecule has 4 N–H and O–H groups in total. The lowest BCUT2D eigenvalue weighted by Gasteiger charge is -2.10. The molecule has 11 nitrogen and oxygen atoms in total. The molecular formula is C50H51N5O6S. The van der Waals surface area contributed by atoms with Gasteiger partial charge in [0, 0.05) is 69.6 Å². The molecule has 318 valence electrons. The second kappa shape index (κ2) is 24.5. The third kappa shape index (κ3) is 15.2. The van der Waals surface area contributed by atoms with Crippen LogP contribution in [0.4, 0.5) is 22.7 Å². The molecule has 0 bridgehead atoms. The van der Waals surface area contributed by atoms with E-state index in [1.54, 1.807) is 54.6 Å². The summed E-state index contributed by atoms with van der Waals surface area (Å²) >= 11 is 0. The molecular weight excluding hydrogens is 799 g/mol. The van der Waals surface area contributed by atoms with Crippen LogP contribution in [-0.2, 0) is 19.4 Å². The standard InChI is InChI=1S/C26H22N2O3S.C20H17N3O3.2C2H6/c29-26(28-22-7-3-1-4-8-22)21-13-16-24(19-21)27-23-14-11-20(12-15-23)17-18-32(30,31)25-9-5-2-6-10-25;24-20(22-17-4-2-1-3-5-17)16-8-11-19(14-16)21-18-9-6-15(7-10-18)12-13-23(25)26;2*1-2/h1-18,27H,19H2,(H,28,29);1-13,21H,14H2,(H,22,24);2*1-2H3/b18-17+;13-12+;;. The Kier molecular flexibility index (Phi) is 18.6. The average Bonchev–Trinajstić information content (AvgIpc) is 3.99. The van der Waals surface area contributed by atoms with E-state index in [9.17, 15) is 28.1 Å². The predicted octanol–water partition coefficient (Wildman–Crippen LogP) is 11.6. The van der Waals surface area contributed by atoms with E-state index in [4.69, 9.17) is 0 Å². The maximum absolute atomic E-state index is 12.4. The fourth-order valence-electron chi connectivity index (χ4n) is 5.73. The molecule has 0 radical (unpaired) electrons. The van der Waals surface area contributed by atoms with E-state index < -0.39 is 14.8 Å². The summed E-state index contributed by atoms with van der Waals surface area (Å²) in [5.74, 6) is -0.242. The number of rotatable bonds is 13. The predicted molar refractivity (Wildman–Crippen MR) is 253 cm³/mol. The molecule has 2 aliphatic rings. The van der Waals surface area contributed by atoms with Gasteiger partial charge in [0.15, 0.2) is 9.84 Å². The smallest absolute Gasteiger partial charge is 0.251 e. The highest BCUT2D eigenvalue weighted by Gasteiger charge is 2.17. The highest BCUT2D eigenvalue weighted by molar-refractivity contribution is 7.94. The zero-order chi connectivity index (χ0) is 44.7. The van der Waals surface area contributed by atoms with Crippen LogP contribution < -0.4 is 21.3 Å². The number of allylic oxidation sites excluding steroid dienone is 6. The van der Waals surface area contributed by atoms with Crippen molar-refractivity contribution in [2.45, 2.75) is 45.4 Å². The van der Waals surface area contributed by atoms with Crippen LogP contribution >= 0.6 is 0 Å². The van der Waals surface area contributed by atoms with E-state index in [-0.39, 0.29) is 16.7 Å². The Labute approximate surface area is 364 Å². The van der Waals surface area contributed by atoms with Crippen LogP contribution in [0.1, 0.15) is 51.7 Å². The van der Waals surface area contributed by atoms with Gasteiger partial charge in [0.1, 0.15) is 0 Å². The van der Waals surface area contributed by atoms with E-state index in [1.165, 1.54) is 11.5 Å². The molecule has 0 atom stereocenters. The molecule has 5 aromatic carbocycles. The van der Waals surface area contributed by atoms with Gasteiger partial charge in [0.25, 0.3) is 11.8 Å². The van der Waals surface area contributed by atoms with Crippen molar-refractivity contribution < 1.29 is 22.9 Å². The number of benzene rings is 5. The summed E-state index contributed by atoms with van der Waals surface area (Å²) in [6.07, 6.45) is 12.3. The van der Waals surface area contributed by atoms with Gasteiger partial charge in [-0.2, -0.15) is 0 Å². The third-order valence-electron chi connectivity index (χ3n) is 8.71. The summed E-state index contributed by atoms with van der Waals surface area (Å²) in [4.78, 5) is 34.8. The Hall–Kier alpha value is -7.57. The molecule has 0 aromatic heterocycles. The Morgan fingerprint density at radius 2 is 0.919 bits per heavy atom. The van der Waals surface area contributed by atoms with Gasteiger partial charge in [-0.3, -0.25) is 19.7 Å². The topological polar surface area (TPSA) is 160 Å². The molecule has 7 rings (SSSR count). The first-order valence-corrected chi connectivity index (χ1v) is 21.7. The van der Waals surface area contributed by atoms with Crippen molar-refractivity contribution in [3.05, 3.63) is 219 Å². The first kappa shape index (κ1) is 47.1. The molecule has 0 fully saturated rings. The fourth-order valence-corrected chi connectivity index (χ4v) is 6.76. The SMILES string of the molecule is CC.CC.O=C(Nc1ccccc1)C1=CC=C(Nc2ccc(/C=C/S(=O)(=O)c3ccccc3)cc2)C1.O=C(Nc1ccccc1)C1=CC=C(Nc2ccc(/C=C/[N+](=O)[O-])cc2)C1. The van der Waals surface area contributed by atoms with Crippen molar-refractivity contribution in [3.63, 3.8) is 0 Å². The third-order valence-corrected chi connectivity index (χ3v) is 10.1. The second-order valence-electron chi connectivity index (χ2n) is 13.0. The highest BCUT2D eigenvalue weighted by atomic mass is 32.2. The minimum atomic E-state index is -3.47. The number of para-hydroxylation sites is 2. The number of hydrogen-bond donors (Lipinski definition) is 4. The highest BCUT2D eigenvalue weighted by Crippen LogP contribution is 2.25. The van der Waals surface area contributed by atoms with E-state index in [0.717, 1.165) is 51.5 Å². The van der Waals surface area contributed by atoms with Gasteiger partial charge in [-0.1, -0.05) is 119 Å². The van der Waals surface area contributed by atoms with Crippen molar-refractivity contribution in [3.8, 4) is 0 Å². The normalized spacial score (nSPS) is 12.7. The molecule has 12 heteroatoms. The quantitative estimate of drug-likeness (QED) is 0.0673. The summed E-state index contributed by atoms with van der Waals surface area (Å²) in [6.45, 7) is 8.00. The van der Waals surface area contributed by atoms with Crippen molar-refractivity contribution in [2.75, 3.05) is 21.3 Å². The molecule has 0 spiro atoms.